The van der Waals surface area contributed by atoms with Crippen LogP contribution in [0.4, 0.5) is 0 Å². The van der Waals surface area contributed by atoms with E-state index in [2.05, 4.69) is 0 Å². The number of carboxylic acids is 1. The van der Waals surface area contributed by atoms with E-state index in [1.54, 1.807) is 13.8 Å². The molecule has 0 amide bonds. The first kappa shape index (κ1) is 11.4. The number of aliphatic carboxylic acids is 1. The number of hydrogen-bond acceptors (Lipinski definition) is 3. The van der Waals surface area contributed by atoms with Gasteiger partial charge in [0.1, 0.15) is 0 Å². The number of carboxylic acid groups (broad SMARTS) is 1. The van der Waals surface area contributed by atoms with Crippen molar-refractivity contribution in [2.75, 3.05) is 6.61 Å². The van der Waals surface area contributed by atoms with Gasteiger partial charge in [-0.2, -0.15) is 0 Å². The molecular weight excluding hydrogens is 159 g/mol. The second-order valence-corrected chi connectivity index (χ2v) is 2.66. The summed E-state index contributed by atoms with van der Waals surface area (Å²) in [6.07, 6.45) is -0.796. The van der Waals surface area contributed by atoms with Gasteiger partial charge in [0.05, 0.1) is 6.61 Å². The van der Waals surface area contributed by atoms with E-state index in [0.29, 0.717) is 0 Å². The molecule has 0 spiro atoms. The molecular formula is C6H11NaO4. The Morgan fingerprint density at radius 1 is 1.64 bits per heavy atom. The summed E-state index contributed by atoms with van der Waals surface area (Å²) in [6, 6.07) is 0. The van der Waals surface area contributed by atoms with Gasteiger partial charge >= 0.3 is 35.5 Å². The molecule has 60 valence electrons. The maximum atomic E-state index is 10.3. The first-order valence-corrected chi connectivity index (χ1v) is 3.06. The van der Waals surface area contributed by atoms with Crippen LogP contribution in [0.3, 0.4) is 0 Å². The summed E-state index contributed by atoms with van der Waals surface area (Å²) in [6.45, 7) is 3.52. The Hall–Kier alpha value is 0.390. The summed E-state index contributed by atoms with van der Waals surface area (Å²) in [5.74, 6) is -1.70. The monoisotopic (exact) mass is 170 g/mol. The van der Waals surface area contributed by atoms with E-state index in [-0.39, 0.29) is 36.2 Å². The molecule has 0 bridgehead atoms. The average molecular weight is 170 g/mol. The minimum absolute atomic E-state index is 0. The molecule has 1 N–H and O–H groups in total. The molecule has 1 saturated heterocycles. The SMILES string of the molecule is CC1(C)OCC(C(=O)O)O1.[NaH]. The normalized spacial score (nSPS) is 27.6. The molecule has 1 rings (SSSR count). The summed E-state index contributed by atoms with van der Waals surface area (Å²) in [7, 11) is 0. The van der Waals surface area contributed by atoms with Crippen LogP contribution in [0.1, 0.15) is 13.8 Å². The van der Waals surface area contributed by atoms with Crippen molar-refractivity contribution in [3.05, 3.63) is 0 Å². The van der Waals surface area contributed by atoms with Crippen LogP contribution in [0.25, 0.3) is 0 Å². The standard InChI is InChI=1S/C6H10O4.Na.H/c1-6(2)9-3-4(10-6)5(7)8;;/h4H,3H2,1-2H3,(H,7,8);;. The molecule has 5 heteroatoms. The van der Waals surface area contributed by atoms with E-state index >= 15 is 0 Å². The molecule has 0 aliphatic carbocycles. The van der Waals surface area contributed by atoms with Gasteiger partial charge < -0.3 is 14.6 Å². The summed E-state index contributed by atoms with van der Waals surface area (Å²) in [5, 5.41) is 8.44. The fourth-order valence-electron chi connectivity index (χ4n) is 0.809. The molecule has 1 aliphatic heterocycles. The summed E-state index contributed by atoms with van der Waals surface area (Å²) < 4.78 is 10.00. The Morgan fingerprint density at radius 3 is 2.36 bits per heavy atom. The second-order valence-electron chi connectivity index (χ2n) is 2.66. The van der Waals surface area contributed by atoms with Crippen LogP contribution in [0.15, 0.2) is 0 Å². The van der Waals surface area contributed by atoms with Crippen molar-refractivity contribution < 1.29 is 19.4 Å². The number of carbonyl (C=O) groups is 1. The molecule has 0 aromatic heterocycles. The van der Waals surface area contributed by atoms with Gasteiger partial charge in [0.15, 0.2) is 11.9 Å². The van der Waals surface area contributed by atoms with Gasteiger partial charge in [0, 0.05) is 0 Å². The van der Waals surface area contributed by atoms with Gasteiger partial charge in [0.2, 0.25) is 0 Å². The van der Waals surface area contributed by atoms with Gasteiger partial charge in [-0.05, 0) is 13.8 Å². The van der Waals surface area contributed by atoms with Gasteiger partial charge in [-0.1, -0.05) is 0 Å². The molecule has 1 unspecified atom stereocenters. The molecule has 1 heterocycles. The van der Waals surface area contributed by atoms with Crippen LogP contribution in [0, 0.1) is 0 Å². The first-order valence-electron chi connectivity index (χ1n) is 3.06. The van der Waals surface area contributed by atoms with Crippen molar-refractivity contribution in [1.29, 1.82) is 0 Å². The Labute approximate surface area is 87.2 Å². The average Bonchev–Trinajstić information content (AvgIpc) is 2.10. The Bertz CT molecular complexity index is 157. The van der Waals surface area contributed by atoms with E-state index in [0.717, 1.165) is 0 Å². The number of ether oxygens (including phenoxy) is 2. The predicted octanol–water partition coefficient (Wildman–Crippen LogP) is -0.426. The van der Waals surface area contributed by atoms with Crippen LogP contribution < -0.4 is 0 Å². The molecule has 0 aromatic carbocycles. The molecule has 1 atom stereocenters. The Balaban J connectivity index is 0.000001000. The van der Waals surface area contributed by atoms with E-state index < -0.39 is 17.9 Å². The van der Waals surface area contributed by atoms with E-state index in [1.165, 1.54) is 0 Å². The van der Waals surface area contributed by atoms with Gasteiger partial charge in [-0.25, -0.2) is 4.79 Å². The summed E-state index contributed by atoms with van der Waals surface area (Å²) in [4.78, 5) is 10.3. The quantitative estimate of drug-likeness (QED) is 0.543. The van der Waals surface area contributed by atoms with Crippen molar-refractivity contribution in [3.63, 3.8) is 0 Å². The van der Waals surface area contributed by atoms with E-state index in [4.69, 9.17) is 14.6 Å². The summed E-state index contributed by atoms with van der Waals surface area (Å²) in [5.41, 5.74) is 0. The fraction of sp³-hybridized carbons (Fsp3) is 0.833. The van der Waals surface area contributed by atoms with Crippen molar-refractivity contribution >= 4 is 35.5 Å². The van der Waals surface area contributed by atoms with Crippen LogP contribution in [0.5, 0.6) is 0 Å². The fourth-order valence-corrected chi connectivity index (χ4v) is 0.809. The third kappa shape index (κ3) is 3.09. The van der Waals surface area contributed by atoms with Crippen LogP contribution in [-0.2, 0) is 14.3 Å². The molecule has 0 saturated carbocycles. The van der Waals surface area contributed by atoms with Crippen molar-refractivity contribution in [2.45, 2.75) is 25.7 Å². The maximum absolute atomic E-state index is 10.3. The van der Waals surface area contributed by atoms with Crippen LogP contribution >= 0.6 is 0 Å². The zero-order valence-corrected chi connectivity index (χ0v) is 5.96. The molecule has 1 fully saturated rings. The van der Waals surface area contributed by atoms with Crippen molar-refractivity contribution in [3.8, 4) is 0 Å². The Kier molecular flexibility index (Phi) is 4.00. The van der Waals surface area contributed by atoms with Gasteiger partial charge in [-0.15, -0.1) is 0 Å². The van der Waals surface area contributed by atoms with E-state index in [9.17, 15) is 4.79 Å². The number of hydrogen-bond donors (Lipinski definition) is 1. The third-order valence-electron chi connectivity index (χ3n) is 1.28. The second kappa shape index (κ2) is 3.87. The third-order valence-corrected chi connectivity index (χ3v) is 1.28. The zero-order valence-electron chi connectivity index (χ0n) is 5.96. The molecule has 1 aliphatic rings. The first-order chi connectivity index (χ1) is 4.51. The topological polar surface area (TPSA) is 55.8 Å². The van der Waals surface area contributed by atoms with Crippen molar-refractivity contribution in [2.24, 2.45) is 0 Å². The van der Waals surface area contributed by atoms with Crippen LogP contribution in [-0.4, -0.2) is 59.1 Å². The van der Waals surface area contributed by atoms with Crippen LogP contribution in [0.2, 0.25) is 0 Å². The molecule has 11 heavy (non-hydrogen) atoms. The molecule has 0 radical (unpaired) electrons. The van der Waals surface area contributed by atoms with Gasteiger partial charge in [-0.3, -0.25) is 0 Å². The molecule has 0 aromatic rings. The summed E-state index contributed by atoms with van der Waals surface area (Å²) >= 11 is 0. The molecule has 4 nitrogen and oxygen atoms in total. The zero-order chi connectivity index (χ0) is 7.78. The van der Waals surface area contributed by atoms with E-state index in [1.807, 2.05) is 0 Å². The number of rotatable bonds is 1. The van der Waals surface area contributed by atoms with Crippen molar-refractivity contribution in [1.82, 2.24) is 0 Å². The van der Waals surface area contributed by atoms with Gasteiger partial charge in [0.25, 0.3) is 0 Å². The predicted molar refractivity (Wildman–Crippen MR) is 39.7 cm³/mol. The minimum atomic E-state index is -0.967. The Morgan fingerprint density at radius 2 is 2.18 bits per heavy atom.